The Bertz CT molecular complexity index is 410. The third-order valence-electron chi connectivity index (χ3n) is 3.24. The summed E-state index contributed by atoms with van der Waals surface area (Å²) in [5.74, 6) is 0.935. The highest BCUT2D eigenvalue weighted by atomic mass is 28.2. The molecular formula is C13H26N4O3Si. The number of carbonyl (C=O) groups is 1. The molecule has 0 radical (unpaired) electrons. The van der Waals surface area contributed by atoms with E-state index in [1.807, 2.05) is 17.7 Å². The van der Waals surface area contributed by atoms with Gasteiger partial charge in [-0.1, -0.05) is 6.04 Å². The Balaban J connectivity index is 2.00. The zero-order valence-corrected chi connectivity index (χ0v) is 14.5. The van der Waals surface area contributed by atoms with Gasteiger partial charge >= 0.3 is 6.03 Å². The van der Waals surface area contributed by atoms with E-state index in [0.717, 1.165) is 24.8 Å². The Morgan fingerprint density at radius 1 is 1.38 bits per heavy atom. The van der Waals surface area contributed by atoms with Crippen molar-refractivity contribution in [2.24, 2.45) is 0 Å². The molecule has 0 saturated carbocycles. The summed E-state index contributed by atoms with van der Waals surface area (Å²) in [4.78, 5) is 15.7. The fourth-order valence-electron chi connectivity index (χ4n) is 1.96. The number of hydrogen-bond donors (Lipinski definition) is 2. The number of amides is 2. The summed E-state index contributed by atoms with van der Waals surface area (Å²) in [6.45, 7) is 3.95. The number of urea groups is 1. The van der Waals surface area contributed by atoms with Crippen molar-refractivity contribution in [2.45, 2.75) is 31.8 Å². The van der Waals surface area contributed by atoms with E-state index in [9.17, 15) is 4.79 Å². The van der Waals surface area contributed by atoms with Crippen molar-refractivity contribution in [3.8, 4) is 0 Å². The Hall–Kier alpha value is -1.38. The topological polar surface area (TPSA) is 77.4 Å². The van der Waals surface area contributed by atoms with Crippen LogP contribution in [-0.4, -0.2) is 58.3 Å². The van der Waals surface area contributed by atoms with E-state index in [1.165, 1.54) is 0 Å². The molecule has 1 aromatic heterocycles. The molecule has 0 bridgehead atoms. The molecule has 2 amide bonds. The Morgan fingerprint density at radius 3 is 2.71 bits per heavy atom. The average Bonchev–Trinajstić information content (AvgIpc) is 2.88. The monoisotopic (exact) mass is 314 g/mol. The van der Waals surface area contributed by atoms with Crippen LogP contribution in [0.25, 0.3) is 0 Å². The second-order valence-corrected chi connectivity index (χ2v) is 6.70. The lowest BCUT2D eigenvalue weighted by atomic mass is 10.5. The molecule has 0 unspecified atom stereocenters. The smallest absolute Gasteiger partial charge is 0.314 e. The number of aryl methyl sites for hydroxylation is 1. The van der Waals surface area contributed by atoms with Crippen LogP contribution in [0, 0.1) is 6.92 Å². The van der Waals surface area contributed by atoms with Gasteiger partial charge in [0.1, 0.15) is 11.7 Å². The van der Waals surface area contributed by atoms with E-state index in [1.54, 1.807) is 20.4 Å². The van der Waals surface area contributed by atoms with Gasteiger partial charge in [-0.2, -0.15) is 0 Å². The first kappa shape index (κ1) is 17.7. The van der Waals surface area contributed by atoms with E-state index in [-0.39, 0.29) is 11.9 Å². The van der Waals surface area contributed by atoms with Crippen LogP contribution in [0.15, 0.2) is 12.4 Å². The van der Waals surface area contributed by atoms with Gasteiger partial charge < -0.3 is 24.7 Å². The SMILES string of the molecule is COC(OC)[SiH2]CCCNC(=O)NCCn1ccnc1C. The van der Waals surface area contributed by atoms with Crippen molar-refractivity contribution in [3.05, 3.63) is 18.2 Å². The molecule has 0 saturated heterocycles. The molecule has 0 aliphatic rings. The van der Waals surface area contributed by atoms with Crippen molar-refractivity contribution in [3.63, 3.8) is 0 Å². The third-order valence-corrected chi connectivity index (χ3v) is 5.29. The predicted molar refractivity (Wildman–Crippen MR) is 84.1 cm³/mol. The van der Waals surface area contributed by atoms with Gasteiger partial charge in [-0.05, 0) is 13.3 Å². The summed E-state index contributed by atoms with van der Waals surface area (Å²) in [5.41, 5.74) is 0. The average molecular weight is 314 g/mol. The molecule has 0 aliphatic carbocycles. The first-order valence-corrected chi connectivity index (χ1v) is 9.04. The molecule has 0 aromatic carbocycles. The van der Waals surface area contributed by atoms with Crippen molar-refractivity contribution < 1.29 is 14.3 Å². The maximum atomic E-state index is 11.6. The third kappa shape index (κ3) is 7.26. The number of ether oxygens (including phenoxy) is 2. The van der Waals surface area contributed by atoms with Crippen LogP contribution in [0.3, 0.4) is 0 Å². The Labute approximate surface area is 128 Å². The van der Waals surface area contributed by atoms with Gasteiger partial charge in [-0.15, -0.1) is 0 Å². The van der Waals surface area contributed by atoms with Gasteiger partial charge in [0, 0.05) is 46.2 Å². The number of nitrogens with zero attached hydrogens (tertiary/aromatic N) is 2. The summed E-state index contributed by atoms with van der Waals surface area (Å²) in [6, 6.07) is 0.963. The molecule has 2 N–H and O–H groups in total. The molecule has 120 valence electrons. The molecular weight excluding hydrogens is 288 g/mol. The predicted octanol–water partition coefficient (Wildman–Crippen LogP) is 0.0443. The van der Waals surface area contributed by atoms with E-state index >= 15 is 0 Å². The number of hydrogen-bond acceptors (Lipinski definition) is 4. The van der Waals surface area contributed by atoms with E-state index < -0.39 is 9.52 Å². The highest BCUT2D eigenvalue weighted by Crippen LogP contribution is 1.95. The van der Waals surface area contributed by atoms with Gasteiger partial charge in [0.25, 0.3) is 0 Å². The Morgan fingerprint density at radius 2 is 2.10 bits per heavy atom. The van der Waals surface area contributed by atoms with Crippen molar-refractivity contribution >= 4 is 15.6 Å². The summed E-state index contributed by atoms with van der Waals surface area (Å²) in [5, 5.41) is 5.69. The van der Waals surface area contributed by atoms with Crippen LogP contribution in [0.5, 0.6) is 0 Å². The summed E-state index contributed by atoms with van der Waals surface area (Å²) in [6.07, 6.45) is 4.62. The summed E-state index contributed by atoms with van der Waals surface area (Å²) in [7, 11) is 2.93. The fraction of sp³-hybridized carbons (Fsp3) is 0.692. The van der Waals surface area contributed by atoms with Crippen LogP contribution in [0.2, 0.25) is 6.04 Å². The number of imidazole rings is 1. The Kier molecular flexibility index (Phi) is 8.72. The number of nitrogens with one attached hydrogen (secondary N) is 2. The zero-order valence-electron chi connectivity index (χ0n) is 13.1. The molecule has 0 spiro atoms. The first-order valence-electron chi connectivity index (χ1n) is 7.22. The van der Waals surface area contributed by atoms with Crippen LogP contribution in [0.4, 0.5) is 4.79 Å². The first-order chi connectivity index (χ1) is 10.2. The lowest BCUT2D eigenvalue weighted by Crippen LogP contribution is -2.37. The van der Waals surface area contributed by atoms with Gasteiger partial charge in [0.05, 0.1) is 9.52 Å². The maximum absolute atomic E-state index is 11.6. The van der Waals surface area contributed by atoms with Crippen molar-refractivity contribution in [1.82, 2.24) is 20.2 Å². The second-order valence-electron chi connectivity index (χ2n) is 4.75. The highest BCUT2D eigenvalue weighted by molar-refractivity contribution is 6.36. The summed E-state index contributed by atoms with van der Waals surface area (Å²) < 4.78 is 12.3. The van der Waals surface area contributed by atoms with Gasteiger partial charge in [0.2, 0.25) is 0 Å². The lowest BCUT2D eigenvalue weighted by Gasteiger charge is -2.12. The molecule has 7 nitrogen and oxygen atoms in total. The molecule has 1 rings (SSSR count). The number of aromatic nitrogens is 2. The van der Waals surface area contributed by atoms with Crippen molar-refractivity contribution in [2.75, 3.05) is 27.3 Å². The zero-order chi connectivity index (χ0) is 15.5. The molecule has 0 fully saturated rings. The minimum Gasteiger partial charge on any atom is -0.360 e. The number of methoxy groups -OCH3 is 2. The molecule has 0 atom stereocenters. The van der Waals surface area contributed by atoms with Crippen LogP contribution in [-0.2, 0) is 16.0 Å². The number of rotatable bonds is 10. The molecule has 21 heavy (non-hydrogen) atoms. The van der Waals surface area contributed by atoms with Crippen LogP contribution < -0.4 is 10.6 Å². The lowest BCUT2D eigenvalue weighted by molar-refractivity contribution is -0.0441. The van der Waals surface area contributed by atoms with Gasteiger partial charge in [0.15, 0.2) is 0 Å². The van der Waals surface area contributed by atoms with Crippen LogP contribution in [0.1, 0.15) is 12.2 Å². The normalized spacial score (nSPS) is 11.4. The minimum atomic E-state index is -0.395. The fourth-order valence-corrected chi connectivity index (χ4v) is 3.31. The minimum absolute atomic E-state index is 0.0164. The standard InChI is InChI=1S/C13H26N4O3Si/c1-11-14-6-8-17(11)9-7-16-12(18)15-5-4-10-21-13(19-2)20-3/h6,8,13H,4-5,7,9-10,21H2,1-3H3,(H2,15,16,18). The molecule has 1 aromatic rings. The quantitative estimate of drug-likeness (QED) is 0.363. The van der Waals surface area contributed by atoms with Crippen molar-refractivity contribution in [1.29, 1.82) is 0 Å². The van der Waals surface area contributed by atoms with E-state index in [2.05, 4.69) is 15.6 Å². The largest absolute Gasteiger partial charge is 0.360 e. The maximum Gasteiger partial charge on any atom is 0.314 e. The van der Waals surface area contributed by atoms with Crippen LogP contribution >= 0.6 is 0 Å². The molecule has 8 heteroatoms. The second kappa shape index (κ2) is 10.4. The molecule has 1 heterocycles. The van der Waals surface area contributed by atoms with E-state index in [4.69, 9.17) is 9.47 Å². The van der Waals surface area contributed by atoms with E-state index in [0.29, 0.717) is 13.1 Å². The van der Waals surface area contributed by atoms with Gasteiger partial charge in [-0.3, -0.25) is 0 Å². The van der Waals surface area contributed by atoms with Gasteiger partial charge in [-0.25, -0.2) is 9.78 Å². The summed E-state index contributed by atoms with van der Waals surface area (Å²) >= 11 is 0. The highest BCUT2D eigenvalue weighted by Gasteiger charge is 2.05. The number of carbonyl (C=O) groups excluding carboxylic acids is 1. The molecule has 0 aliphatic heterocycles.